The van der Waals surface area contributed by atoms with Gasteiger partial charge in [-0.15, -0.1) is 0 Å². The largest absolute Gasteiger partial charge is 0.309 e. The van der Waals surface area contributed by atoms with E-state index in [1.54, 1.807) is 12.1 Å². The average Bonchev–Trinajstić information content (AvgIpc) is 2.73. The Morgan fingerprint density at radius 3 is 2.68 bits per heavy atom. The number of benzene rings is 1. The van der Waals surface area contributed by atoms with Crippen LogP contribution in [0.25, 0.3) is 0 Å². The summed E-state index contributed by atoms with van der Waals surface area (Å²) < 4.78 is 27.3. The number of nitrogens with zero attached hydrogens (tertiary/aromatic N) is 1. The van der Waals surface area contributed by atoms with Gasteiger partial charge in [0.25, 0.3) is 0 Å². The van der Waals surface area contributed by atoms with E-state index in [0.717, 1.165) is 18.7 Å². The van der Waals surface area contributed by atoms with E-state index in [-0.39, 0.29) is 6.04 Å². The van der Waals surface area contributed by atoms with E-state index in [0.29, 0.717) is 11.4 Å². The van der Waals surface area contributed by atoms with Crippen LogP contribution < -0.4 is 10.0 Å². The summed E-state index contributed by atoms with van der Waals surface area (Å²) >= 11 is 0. The predicted octanol–water partition coefficient (Wildman–Crippen LogP) is 0.518. The number of rotatable bonds is 5. The Labute approximate surface area is 115 Å². The summed E-state index contributed by atoms with van der Waals surface area (Å²) in [4.78, 5) is 2.31. The molecule has 1 aliphatic heterocycles. The molecular formula is C13H21N3O2S. The van der Waals surface area contributed by atoms with Gasteiger partial charge >= 0.3 is 0 Å². The van der Waals surface area contributed by atoms with Crippen LogP contribution in [0, 0.1) is 0 Å². The smallest absolute Gasteiger partial charge is 0.240 e. The lowest BCUT2D eigenvalue weighted by atomic mass is 10.1. The van der Waals surface area contributed by atoms with Crippen molar-refractivity contribution in [1.82, 2.24) is 14.9 Å². The van der Waals surface area contributed by atoms with E-state index in [9.17, 15) is 8.42 Å². The molecule has 0 amide bonds. The molecule has 19 heavy (non-hydrogen) atoms. The summed E-state index contributed by atoms with van der Waals surface area (Å²) in [5.41, 5.74) is 2.25. The maximum atomic E-state index is 12.3. The molecule has 1 aromatic rings. The van der Waals surface area contributed by atoms with Crippen molar-refractivity contribution in [2.24, 2.45) is 0 Å². The van der Waals surface area contributed by atoms with Crippen LogP contribution >= 0.6 is 0 Å². The van der Waals surface area contributed by atoms with E-state index in [1.165, 1.54) is 5.56 Å². The van der Waals surface area contributed by atoms with Gasteiger partial charge in [0.2, 0.25) is 10.0 Å². The molecule has 0 bridgehead atoms. The molecule has 0 aliphatic carbocycles. The zero-order chi connectivity index (χ0) is 14.0. The van der Waals surface area contributed by atoms with E-state index in [1.807, 2.05) is 32.0 Å². The minimum Gasteiger partial charge on any atom is -0.309 e. The first-order valence-corrected chi connectivity index (χ1v) is 7.86. The first kappa shape index (κ1) is 14.5. The number of hydrogen-bond donors (Lipinski definition) is 2. The monoisotopic (exact) mass is 283 g/mol. The van der Waals surface area contributed by atoms with Gasteiger partial charge in [0.05, 0.1) is 4.90 Å². The Bertz CT molecular complexity index is 555. The SMILES string of the molecule is CC(CN(C)C)NS(=O)(=O)c1ccc2c(c1)CNC2. The lowest BCUT2D eigenvalue weighted by molar-refractivity contribution is 0.370. The van der Waals surface area contributed by atoms with Gasteiger partial charge in [0.15, 0.2) is 0 Å². The fourth-order valence-corrected chi connectivity index (χ4v) is 3.64. The molecule has 1 heterocycles. The van der Waals surface area contributed by atoms with Crippen LogP contribution in [0.5, 0.6) is 0 Å². The fourth-order valence-electron chi connectivity index (χ4n) is 2.36. The van der Waals surface area contributed by atoms with Crippen LogP contribution in [0.4, 0.5) is 0 Å². The van der Waals surface area contributed by atoms with Crippen molar-refractivity contribution in [3.63, 3.8) is 0 Å². The number of fused-ring (bicyclic) bond motifs is 1. The molecule has 1 unspecified atom stereocenters. The van der Waals surface area contributed by atoms with Crippen molar-refractivity contribution in [2.75, 3.05) is 20.6 Å². The summed E-state index contributed by atoms with van der Waals surface area (Å²) in [5.74, 6) is 0. The summed E-state index contributed by atoms with van der Waals surface area (Å²) in [7, 11) is 0.414. The van der Waals surface area contributed by atoms with Gasteiger partial charge in [-0.05, 0) is 44.3 Å². The number of sulfonamides is 1. The summed E-state index contributed by atoms with van der Waals surface area (Å²) in [6, 6.07) is 5.21. The molecule has 0 spiro atoms. The lowest BCUT2D eigenvalue weighted by Gasteiger charge is -2.18. The molecule has 1 aliphatic rings. The van der Waals surface area contributed by atoms with E-state index < -0.39 is 10.0 Å². The maximum absolute atomic E-state index is 12.3. The third-order valence-electron chi connectivity index (χ3n) is 3.11. The Balaban J connectivity index is 2.15. The van der Waals surface area contributed by atoms with E-state index in [2.05, 4.69) is 10.0 Å². The van der Waals surface area contributed by atoms with Crippen molar-refractivity contribution in [3.8, 4) is 0 Å². The van der Waals surface area contributed by atoms with Gasteiger partial charge in [-0.2, -0.15) is 0 Å². The standard InChI is InChI=1S/C13H21N3O2S/c1-10(9-16(2)3)15-19(17,18)13-5-4-11-7-14-8-12(11)6-13/h4-6,10,14-15H,7-9H2,1-3H3. The average molecular weight is 283 g/mol. The Morgan fingerprint density at radius 1 is 1.32 bits per heavy atom. The summed E-state index contributed by atoms with van der Waals surface area (Å²) in [5, 5.41) is 3.21. The molecule has 6 heteroatoms. The van der Waals surface area contributed by atoms with Gasteiger partial charge in [-0.1, -0.05) is 6.07 Å². The molecule has 0 saturated carbocycles. The second-order valence-electron chi connectivity index (χ2n) is 5.32. The highest BCUT2D eigenvalue weighted by Crippen LogP contribution is 2.20. The van der Waals surface area contributed by atoms with Crippen molar-refractivity contribution in [1.29, 1.82) is 0 Å². The number of hydrogen-bond acceptors (Lipinski definition) is 4. The second-order valence-corrected chi connectivity index (χ2v) is 7.03. The Kier molecular flexibility index (Phi) is 4.25. The third kappa shape index (κ3) is 3.54. The summed E-state index contributed by atoms with van der Waals surface area (Å²) in [6.45, 7) is 4.10. The highest BCUT2D eigenvalue weighted by Gasteiger charge is 2.20. The van der Waals surface area contributed by atoms with Gasteiger partial charge in [0, 0.05) is 25.7 Å². The molecule has 0 radical (unpaired) electrons. The quantitative estimate of drug-likeness (QED) is 0.827. The van der Waals surface area contributed by atoms with Gasteiger partial charge in [0.1, 0.15) is 0 Å². The highest BCUT2D eigenvalue weighted by molar-refractivity contribution is 7.89. The lowest BCUT2D eigenvalue weighted by Crippen LogP contribution is -2.39. The first-order chi connectivity index (χ1) is 8.88. The maximum Gasteiger partial charge on any atom is 0.240 e. The van der Waals surface area contributed by atoms with Gasteiger partial charge in [-0.25, -0.2) is 13.1 Å². The molecule has 0 fully saturated rings. The molecule has 0 aromatic heterocycles. The highest BCUT2D eigenvalue weighted by atomic mass is 32.2. The Morgan fingerprint density at radius 2 is 2.00 bits per heavy atom. The Hall–Kier alpha value is -0.950. The molecule has 1 atom stereocenters. The van der Waals surface area contributed by atoms with Crippen LogP contribution in [-0.4, -0.2) is 40.0 Å². The fraction of sp³-hybridized carbons (Fsp3) is 0.538. The molecule has 1 aromatic carbocycles. The molecule has 106 valence electrons. The van der Waals surface area contributed by atoms with Crippen molar-refractivity contribution in [3.05, 3.63) is 29.3 Å². The topological polar surface area (TPSA) is 61.4 Å². The zero-order valence-corrected chi connectivity index (χ0v) is 12.4. The molecule has 5 nitrogen and oxygen atoms in total. The third-order valence-corrected chi connectivity index (χ3v) is 4.70. The normalized spacial score (nSPS) is 16.6. The van der Waals surface area contributed by atoms with Crippen LogP contribution in [-0.2, 0) is 23.1 Å². The van der Waals surface area contributed by atoms with Gasteiger partial charge < -0.3 is 10.2 Å². The number of likely N-dealkylation sites (N-methyl/N-ethyl adjacent to an activating group) is 1. The van der Waals surface area contributed by atoms with Crippen LogP contribution in [0.1, 0.15) is 18.1 Å². The van der Waals surface area contributed by atoms with Crippen LogP contribution in [0.3, 0.4) is 0 Å². The van der Waals surface area contributed by atoms with E-state index in [4.69, 9.17) is 0 Å². The molecular weight excluding hydrogens is 262 g/mol. The first-order valence-electron chi connectivity index (χ1n) is 6.38. The van der Waals surface area contributed by atoms with E-state index >= 15 is 0 Å². The van der Waals surface area contributed by atoms with Crippen molar-refractivity contribution in [2.45, 2.75) is 31.0 Å². The minimum absolute atomic E-state index is 0.119. The van der Waals surface area contributed by atoms with Gasteiger partial charge in [-0.3, -0.25) is 0 Å². The molecule has 2 N–H and O–H groups in total. The summed E-state index contributed by atoms with van der Waals surface area (Å²) in [6.07, 6.45) is 0. The minimum atomic E-state index is -3.43. The van der Waals surface area contributed by atoms with Crippen molar-refractivity contribution >= 4 is 10.0 Å². The van der Waals surface area contributed by atoms with Crippen molar-refractivity contribution < 1.29 is 8.42 Å². The second kappa shape index (κ2) is 5.58. The van der Waals surface area contributed by atoms with Crippen LogP contribution in [0.2, 0.25) is 0 Å². The zero-order valence-electron chi connectivity index (χ0n) is 11.6. The molecule has 0 saturated heterocycles. The number of nitrogens with one attached hydrogen (secondary N) is 2. The van der Waals surface area contributed by atoms with Crippen LogP contribution in [0.15, 0.2) is 23.1 Å². The molecule has 2 rings (SSSR count). The predicted molar refractivity (Wildman–Crippen MR) is 75.3 cm³/mol.